The van der Waals surface area contributed by atoms with Crippen molar-refractivity contribution in [2.24, 2.45) is 0 Å². The van der Waals surface area contributed by atoms with Crippen molar-refractivity contribution in [1.82, 2.24) is 14.7 Å². The summed E-state index contributed by atoms with van der Waals surface area (Å²) in [6.45, 7) is 1.81. The van der Waals surface area contributed by atoms with Crippen LogP contribution in [0.3, 0.4) is 0 Å². The van der Waals surface area contributed by atoms with Crippen LogP contribution >= 0.6 is 0 Å². The first-order chi connectivity index (χ1) is 17.9. The molecule has 0 spiro atoms. The Labute approximate surface area is 217 Å². The number of ether oxygens (including phenoxy) is 1. The summed E-state index contributed by atoms with van der Waals surface area (Å²) in [5.41, 5.74) is 0.704. The van der Waals surface area contributed by atoms with Gasteiger partial charge in [-0.2, -0.15) is 13.9 Å². The van der Waals surface area contributed by atoms with E-state index < -0.39 is 35.9 Å². The molecule has 1 aliphatic heterocycles. The summed E-state index contributed by atoms with van der Waals surface area (Å²) in [6, 6.07) is 6.16. The van der Waals surface area contributed by atoms with Crippen LogP contribution in [0.4, 0.5) is 22.0 Å². The second kappa shape index (κ2) is 10.7. The number of esters is 1. The molecule has 2 aromatic carbocycles. The van der Waals surface area contributed by atoms with Gasteiger partial charge in [-0.3, -0.25) is 4.90 Å². The zero-order chi connectivity index (χ0) is 27.8. The first-order valence-electron chi connectivity index (χ1n) is 12.0. The Bertz CT molecular complexity index is 1340. The summed E-state index contributed by atoms with van der Waals surface area (Å²) in [6.07, 6.45) is 5.32. The van der Waals surface area contributed by atoms with Gasteiger partial charge in [-0.25, -0.2) is 22.6 Å². The minimum atomic E-state index is -2.78. The van der Waals surface area contributed by atoms with Crippen LogP contribution in [0.25, 0.3) is 17.2 Å². The van der Waals surface area contributed by atoms with Crippen LogP contribution in [0.2, 0.25) is 0 Å². The lowest BCUT2D eigenvalue weighted by molar-refractivity contribution is -0.134. The number of carbonyl (C=O) groups excluding carboxylic acids is 1. The molecular formula is C28H28F5N3O2. The molecule has 1 aliphatic rings. The molecular weight excluding hydrogens is 505 g/mol. The first kappa shape index (κ1) is 27.5. The Hall–Kier alpha value is -3.53. The molecule has 0 fully saturated rings. The second-order valence-electron chi connectivity index (χ2n) is 10.0. The normalized spacial score (nSPS) is 18.3. The summed E-state index contributed by atoms with van der Waals surface area (Å²) in [4.78, 5) is 13.1. The van der Waals surface area contributed by atoms with Crippen molar-refractivity contribution in [3.63, 3.8) is 0 Å². The van der Waals surface area contributed by atoms with Gasteiger partial charge in [0.2, 0.25) is 0 Å². The van der Waals surface area contributed by atoms with E-state index in [0.29, 0.717) is 27.8 Å². The molecule has 0 amide bonds. The lowest BCUT2D eigenvalue weighted by Crippen LogP contribution is -2.48. The van der Waals surface area contributed by atoms with Crippen LogP contribution in [0.1, 0.15) is 55.6 Å². The Morgan fingerprint density at radius 2 is 1.87 bits per heavy atom. The number of fused-ring (bicyclic) bond motifs is 1. The fourth-order valence-corrected chi connectivity index (χ4v) is 4.89. The second-order valence-corrected chi connectivity index (χ2v) is 10.0. The van der Waals surface area contributed by atoms with Crippen LogP contribution in [0.15, 0.2) is 48.8 Å². The quantitative estimate of drug-likeness (QED) is 0.198. The molecule has 3 aromatic rings. The van der Waals surface area contributed by atoms with Crippen LogP contribution in [-0.2, 0) is 16.0 Å². The van der Waals surface area contributed by atoms with E-state index in [0.717, 1.165) is 23.8 Å². The first-order valence-corrected chi connectivity index (χ1v) is 12.0. The number of aromatic nitrogens is 2. The Balaban J connectivity index is 1.82. The zero-order valence-corrected chi connectivity index (χ0v) is 21.4. The molecule has 4 rings (SSSR count). The van der Waals surface area contributed by atoms with Crippen molar-refractivity contribution in [3.8, 4) is 11.1 Å². The molecule has 202 valence electrons. The third kappa shape index (κ3) is 5.80. The zero-order valence-electron chi connectivity index (χ0n) is 21.4. The molecule has 0 aliphatic carbocycles. The topological polar surface area (TPSA) is 47.4 Å². The molecule has 0 radical (unpaired) electrons. The van der Waals surface area contributed by atoms with Crippen molar-refractivity contribution in [2.45, 2.75) is 51.5 Å². The van der Waals surface area contributed by atoms with Gasteiger partial charge < -0.3 is 4.74 Å². The minimum Gasteiger partial charge on any atom is -0.466 e. The van der Waals surface area contributed by atoms with E-state index in [2.05, 4.69) is 9.84 Å². The van der Waals surface area contributed by atoms with Crippen LogP contribution in [0, 0.1) is 11.6 Å². The van der Waals surface area contributed by atoms with Gasteiger partial charge in [-0.15, -0.1) is 0 Å². The van der Waals surface area contributed by atoms with Crippen LogP contribution < -0.4 is 0 Å². The molecule has 2 atom stereocenters. The van der Waals surface area contributed by atoms with E-state index >= 15 is 8.78 Å². The molecule has 0 bridgehead atoms. The summed E-state index contributed by atoms with van der Waals surface area (Å²) >= 11 is 0. The molecule has 5 nitrogen and oxygen atoms in total. The average Bonchev–Trinajstić information content (AvgIpc) is 3.33. The van der Waals surface area contributed by atoms with Crippen molar-refractivity contribution in [2.75, 3.05) is 13.7 Å². The molecule has 1 aromatic heterocycles. The van der Waals surface area contributed by atoms with Crippen LogP contribution in [-0.4, -0.2) is 46.0 Å². The maximum absolute atomic E-state index is 15.6. The lowest BCUT2D eigenvalue weighted by atomic mass is 9.82. The predicted octanol–water partition coefficient (Wildman–Crippen LogP) is 6.49. The van der Waals surface area contributed by atoms with Gasteiger partial charge in [0.1, 0.15) is 17.3 Å². The summed E-state index contributed by atoms with van der Waals surface area (Å²) < 4.78 is 77.1. The monoisotopic (exact) mass is 533 g/mol. The van der Waals surface area contributed by atoms with Gasteiger partial charge in [0.05, 0.1) is 19.3 Å². The molecule has 0 saturated heterocycles. The number of benzene rings is 2. The predicted molar refractivity (Wildman–Crippen MR) is 133 cm³/mol. The number of halogens is 5. The van der Waals surface area contributed by atoms with Crippen LogP contribution in [0.5, 0.6) is 0 Å². The van der Waals surface area contributed by atoms with Gasteiger partial charge in [0, 0.05) is 36.0 Å². The highest BCUT2D eigenvalue weighted by molar-refractivity contribution is 5.86. The molecule has 2 unspecified atom stereocenters. The van der Waals surface area contributed by atoms with E-state index in [9.17, 15) is 18.0 Å². The number of rotatable bonds is 7. The van der Waals surface area contributed by atoms with Gasteiger partial charge in [-0.05, 0) is 67.7 Å². The van der Waals surface area contributed by atoms with Crippen molar-refractivity contribution in [1.29, 1.82) is 0 Å². The number of alkyl halides is 3. The van der Waals surface area contributed by atoms with E-state index in [1.807, 2.05) is 6.92 Å². The molecule has 2 heterocycles. The van der Waals surface area contributed by atoms with Crippen molar-refractivity contribution in [3.05, 3.63) is 82.7 Å². The number of nitrogens with zero attached hydrogens (tertiary/aromatic N) is 3. The lowest BCUT2D eigenvalue weighted by Gasteiger charge is -2.44. The van der Waals surface area contributed by atoms with Gasteiger partial charge in [0.15, 0.2) is 0 Å². The summed E-state index contributed by atoms with van der Waals surface area (Å²) in [7, 11) is 1.19. The van der Waals surface area contributed by atoms with E-state index in [1.54, 1.807) is 23.1 Å². The Kier molecular flexibility index (Phi) is 7.73. The molecule has 0 N–H and O–H groups in total. The standard InChI is InChI=1S/C28H28F5N3O2/c1-16-9-19-12-18(20-13-34-36(14-20)27(31)32)6-7-21(19)26(35(16)15-28(2,3)33)25-22(29)10-17(11-23(25)30)5-8-24(37)38-4/h5-8,10-14,16,26-27H,9,15H2,1-4H3/b8-5+. The third-order valence-electron chi connectivity index (χ3n) is 6.53. The minimum absolute atomic E-state index is 0.0793. The highest BCUT2D eigenvalue weighted by atomic mass is 19.3. The third-order valence-corrected chi connectivity index (χ3v) is 6.53. The number of methoxy groups -OCH3 is 1. The number of hydrogen-bond acceptors (Lipinski definition) is 4. The van der Waals surface area contributed by atoms with Crippen molar-refractivity contribution < 1.29 is 31.5 Å². The molecule has 0 saturated carbocycles. The Morgan fingerprint density at radius 3 is 2.45 bits per heavy atom. The van der Waals surface area contributed by atoms with E-state index in [4.69, 9.17) is 0 Å². The smallest absolute Gasteiger partial charge is 0.333 e. The molecule has 38 heavy (non-hydrogen) atoms. The number of hydrogen-bond donors (Lipinski definition) is 0. The van der Waals surface area contributed by atoms with Gasteiger partial charge in [-0.1, -0.05) is 18.2 Å². The highest BCUT2D eigenvalue weighted by Gasteiger charge is 2.39. The summed E-state index contributed by atoms with van der Waals surface area (Å²) in [5, 5.41) is 3.68. The maximum atomic E-state index is 15.6. The van der Waals surface area contributed by atoms with E-state index in [1.165, 1.54) is 39.4 Å². The average molecular weight is 534 g/mol. The van der Waals surface area contributed by atoms with Gasteiger partial charge in [0.25, 0.3) is 0 Å². The SMILES string of the molecule is COC(=O)/C=C/c1cc(F)c(C2c3ccc(-c4cnn(C(F)F)c4)cc3CC(C)N2CC(C)(C)F)c(F)c1. The number of carbonyl (C=O) groups is 1. The van der Waals surface area contributed by atoms with Crippen molar-refractivity contribution >= 4 is 12.0 Å². The fraction of sp³-hybridized carbons (Fsp3) is 0.357. The maximum Gasteiger partial charge on any atom is 0.333 e. The summed E-state index contributed by atoms with van der Waals surface area (Å²) in [5.74, 6) is -2.36. The molecule has 10 heteroatoms. The van der Waals surface area contributed by atoms with Gasteiger partial charge >= 0.3 is 12.5 Å². The fourth-order valence-electron chi connectivity index (χ4n) is 4.89. The largest absolute Gasteiger partial charge is 0.466 e. The Morgan fingerprint density at radius 1 is 1.18 bits per heavy atom. The van der Waals surface area contributed by atoms with E-state index in [-0.39, 0.29) is 23.7 Å². The highest BCUT2D eigenvalue weighted by Crippen LogP contribution is 2.42.